The molecule has 2 aromatic rings. The van der Waals surface area contributed by atoms with E-state index in [1.807, 2.05) is 31.2 Å². The molecular formula is C21H23N3O2. The lowest BCUT2D eigenvalue weighted by Crippen LogP contribution is -2.52. The Morgan fingerprint density at radius 1 is 0.962 bits per heavy atom. The second kappa shape index (κ2) is 6.90. The first-order chi connectivity index (χ1) is 12.6. The fourth-order valence-electron chi connectivity index (χ4n) is 4.24. The van der Waals surface area contributed by atoms with Crippen molar-refractivity contribution in [3.05, 3.63) is 65.5 Å². The van der Waals surface area contributed by atoms with E-state index in [9.17, 15) is 9.59 Å². The van der Waals surface area contributed by atoms with Crippen molar-refractivity contribution >= 4 is 11.8 Å². The molecule has 0 saturated carbocycles. The lowest BCUT2D eigenvalue weighted by molar-refractivity contribution is 0.0549. The van der Waals surface area contributed by atoms with Crippen LogP contribution in [0, 0.1) is 6.92 Å². The highest BCUT2D eigenvalue weighted by atomic mass is 16.2. The summed E-state index contributed by atoms with van der Waals surface area (Å²) in [5.74, 6) is 0.0616. The van der Waals surface area contributed by atoms with Crippen molar-refractivity contribution in [2.45, 2.75) is 50.7 Å². The Morgan fingerprint density at radius 3 is 2.19 bits per heavy atom. The molecule has 3 heterocycles. The molecule has 2 aliphatic rings. The average Bonchev–Trinajstić information content (AvgIpc) is 2.93. The number of benzene rings is 1. The van der Waals surface area contributed by atoms with Gasteiger partial charge in [0.25, 0.3) is 11.8 Å². The molecular weight excluding hydrogens is 326 g/mol. The molecule has 2 bridgehead atoms. The number of carbonyl (C=O) groups is 2. The first-order valence-corrected chi connectivity index (χ1v) is 9.22. The molecule has 134 valence electrons. The number of nitrogens with one attached hydrogen (secondary N) is 1. The van der Waals surface area contributed by atoms with Gasteiger partial charge in [-0.3, -0.25) is 14.6 Å². The number of aryl methyl sites for hydroxylation is 1. The van der Waals surface area contributed by atoms with Gasteiger partial charge in [-0.15, -0.1) is 0 Å². The number of piperidine rings is 1. The fourth-order valence-corrected chi connectivity index (χ4v) is 4.24. The smallest absolute Gasteiger partial charge is 0.254 e. The largest absolute Gasteiger partial charge is 0.349 e. The fraction of sp³-hybridized carbons (Fsp3) is 0.381. The molecule has 4 rings (SSSR count). The van der Waals surface area contributed by atoms with Crippen LogP contribution in [-0.2, 0) is 0 Å². The zero-order valence-corrected chi connectivity index (χ0v) is 14.9. The minimum atomic E-state index is -0.0601. The zero-order valence-electron chi connectivity index (χ0n) is 14.9. The Kier molecular flexibility index (Phi) is 4.45. The SMILES string of the molecule is Cc1ccc(C(=O)N2C3CCC2CC(NC(=O)c2ccncc2)C3)cc1. The Hall–Kier alpha value is -2.69. The molecule has 5 nitrogen and oxygen atoms in total. The molecule has 1 aromatic heterocycles. The molecule has 0 radical (unpaired) electrons. The normalized spacial score (nSPS) is 24.3. The summed E-state index contributed by atoms with van der Waals surface area (Å²) < 4.78 is 0. The van der Waals surface area contributed by atoms with Gasteiger partial charge in [-0.05, 0) is 56.9 Å². The lowest BCUT2D eigenvalue weighted by atomic mass is 9.96. The number of carbonyl (C=O) groups excluding carboxylic acids is 2. The number of amides is 2. The second-order valence-electron chi connectivity index (χ2n) is 7.34. The Bertz CT molecular complexity index is 790. The van der Waals surface area contributed by atoms with E-state index in [1.165, 1.54) is 0 Å². The summed E-state index contributed by atoms with van der Waals surface area (Å²) in [6.45, 7) is 2.02. The van der Waals surface area contributed by atoms with Gasteiger partial charge >= 0.3 is 0 Å². The van der Waals surface area contributed by atoms with E-state index >= 15 is 0 Å². The van der Waals surface area contributed by atoms with Gasteiger partial charge < -0.3 is 10.2 Å². The number of pyridine rings is 1. The number of rotatable bonds is 3. The van der Waals surface area contributed by atoms with Gasteiger partial charge in [0.1, 0.15) is 0 Å². The Labute approximate surface area is 153 Å². The molecule has 2 saturated heterocycles. The molecule has 2 atom stereocenters. The predicted molar refractivity (Wildman–Crippen MR) is 98.9 cm³/mol. The highest BCUT2D eigenvalue weighted by molar-refractivity contribution is 5.95. The van der Waals surface area contributed by atoms with E-state index < -0.39 is 0 Å². The van der Waals surface area contributed by atoms with Crippen LogP contribution in [0.1, 0.15) is 52.0 Å². The summed E-state index contributed by atoms with van der Waals surface area (Å²) in [5.41, 5.74) is 2.54. The van der Waals surface area contributed by atoms with Gasteiger partial charge in [0.15, 0.2) is 0 Å². The molecule has 2 unspecified atom stereocenters. The van der Waals surface area contributed by atoms with Crippen molar-refractivity contribution in [2.75, 3.05) is 0 Å². The summed E-state index contributed by atoms with van der Waals surface area (Å²) in [4.78, 5) is 31.4. The molecule has 2 amide bonds. The molecule has 1 N–H and O–H groups in total. The van der Waals surface area contributed by atoms with E-state index in [-0.39, 0.29) is 29.9 Å². The topological polar surface area (TPSA) is 62.3 Å². The average molecular weight is 349 g/mol. The van der Waals surface area contributed by atoms with E-state index in [1.54, 1.807) is 24.5 Å². The zero-order chi connectivity index (χ0) is 18.1. The van der Waals surface area contributed by atoms with Crippen LogP contribution in [-0.4, -0.2) is 39.8 Å². The predicted octanol–water partition coefficient (Wildman–Crippen LogP) is 2.96. The molecule has 5 heteroatoms. The van der Waals surface area contributed by atoms with Crippen molar-refractivity contribution in [1.82, 2.24) is 15.2 Å². The Balaban J connectivity index is 1.43. The summed E-state index contributed by atoms with van der Waals surface area (Å²) >= 11 is 0. The number of fused-ring (bicyclic) bond motifs is 2. The molecule has 0 spiro atoms. The molecule has 2 aliphatic heterocycles. The van der Waals surface area contributed by atoms with Crippen LogP contribution in [0.25, 0.3) is 0 Å². The highest BCUT2D eigenvalue weighted by Gasteiger charge is 2.43. The highest BCUT2D eigenvalue weighted by Crippen LogP contribution is 2.37. The molecule has 1 aromatic carbocycles. The van der Waals surface area contributed by atoms with Gasteiger partial charge in [0.2, 0.25) is 0 Å². The number of hydrogen-bond acceptors (Lipinski definition) is 3. The minimum Gasteiger partial charge on any atom is -0.349 e. The monoisotopic (exact) mass is 349 g/mol. The Morgan fingerprint density at radius 2 is 1.58 bits per heavy atom. The maximum absolute atomic E-state index is 13.0. The third-order valence-electron chi connectivity index (χ3n) is 5.54. The van der Waals surface area contributed by atoms with Gasteiger partial charge in [0.05, 0.1) is 0 Å². The summed E-state index contributed by atoms with van der Waals surface area (Å²) in [5, 5.41) is 3.14. The van der Waals surface area contributed by atoms with Crippen molar-refractivity contribution in [2.24, 2.45) is 0 Å². The molecule has 2 fully saturated rings. The number of aromatic nitrogens is 1. The quantitative estimate of drug-likeness (QED) is 0.927. The van der Waals surface area contributed by atoms with Gasteiger partial charge in [-0.25, -0.2) is 0 Å². The van der Waals surface area contributed by atoms with E-state index in [2.05, 4.69) is 15.2 Å². The second-order valence-corrected chi connectivity index (χ2v) is 7.34. The van der Waals surface area contributed by atoms with Gasteiger partial charge in [-0.2, -0.15) is 0 Å². The summed E-state index contributed by atoms with van der Waals surface area (Å²) in [6, 6.07) is 11.8. The lowest BCUT2D eigenvalue weighted by Gasteiger charge is -2.39. The van der Waals surface area contributed by atoms with Crippen molar-refractivity contribution in [3.63, 3.8) is 0 Å². The third kappa shape index (κ3) is 3.21. The van der Waals surface area contributed by atoms with Crippen LogP contribution in [0.4, 0.5) is 0 Å². The number of hydrogen-bond donors (Lipinski definition) is 1. The third-order valence-corrected chi connectivity index (χ3v) is 5.54. The van der Waals surface area contributed by atoms with Crippen LogP contribution in [0.2, 0.25) is 0 Å². The van der Waals surface area contributed by atoms with Crippen LogP contribution < -0.4 is 5.32 Å². The maximum atomic E-state index is 13.0. The van der Waals surface area contributed by atoms with Crippen molar-refractivity contribution < 1.29 is 9.59 Å². The van der Waals surface area contributed by atoms with Crippen LogP contribution in [0.5, 0.6) is 0 Å². The summed E-state index contributed by atoms with van der Waals surface area (Å²) in [7, 11) is 0. The first-order valence-electron chi connectivity index (χ1n) is 9.22. The van der Waals surface area contributed by atoms with Crippen LogP contribution in [0.15, 0.2) is 48.8 Å². The van der Waals surface area contributed by atoms with Crippen molar-refractivity contribution in [3.8, 4) is 0 Å². The molecule has 0 aliphatic carbocycles. The van der Waals surface area contributed by atoms with E-state index in [0.717, 1.165) is 36.8 Å². The van der Waals surface area contributed by atoms with Crippen molar-refractivity contribution in [1.29, 1.82) is 0 Å². The first kappa shape index (κ1) is 16.8. The van der Waals surface area contributed by atoms with Crippen LogP contribution >= 0.6 is 0 Å². The molecule has 26 heavy (non-hydrogen) atoms. The number of nitrogens with zero attached hydrogens (tertiary/aromatic N) is 2. The van der Waals surface area contributed by atoms with E-state index in [4.69, 9.17) is 0 Å². The van der Waals surface area contributed by atoms with Gasteiger partial charge in [-0.1, -0.05) is 17.7 Å². The summed E-state index contributed by atoms with van der Waals surface area (Å²) in [6.07, 6.45) is 6.94. The maximum Gasteiger partial charge on any atom is 0.254 e. The standard InChI is InChI=1S/C21H23N3O2/c1-14-2-4-16(5-3-14)21(26)24-18-6-7-19(24)13-17(12-18)23-20(25)15-8-10-22-11-9-15/h2-5,8-11,17-19H,6-7,12-13H2,1H3,(H,23,25). The van der Waals surface area contributed by atoms with Crippen LogP contribution in [0.3, 0.4) is 0 Å². The van der Waals surface area contributed by atoms with Gasteiger partial charge in [0, 0.05) is 41.6 Å². The minimum absolute atomic E-state index is 0.0601. The van der Waals surface area contributed by atoms with E-state index in [0.29, 0.717) is 5.56 Å².